The Bertz CT molecular complexity index is 331. The lowest BCUT2D eigenvalue weighted by atomic mass is 10.3. The maximum atomic E-state index is 10.9. The van der Waals surface area contributed by atoms with E-state index in [1.165, 1.54) is 11.3 Å². The second-order valence-corrected chi connectivity index (χ2v) is 4.67. The first-order valence-corrected chi connectivity index (χ1v) is 5.93. The SMILES string of the molecule is CCCCCOc1cc(C)sc1C(=O)O. The third kappa shape index (κ3) is 3.55. The summed E-state index contributed by atoms with van der Waals surface area (Å²) >= 11 is 1.26. The van der Waals surface area contributed by atoms with Crippen molar-refractivity contribution in [1.82, 2.24) is 0 Å². The molecule has 0 aromatic carbocycles. The maximum absolute atomic E-state index is 10.9. The fourth-order valence-corrected chi connectivity index (χ4v) is 2.08. The van der Waals surface area contributed by atoms with Gasteiger partial charge in [0, 0.05) is 4.88 Å². The minimum absolute atomic E-state index is 0.309. The van der Waals surface area contributed by atoms with Gasteiger partial charge in [-0.15, -0.1) is 11.3 Å². The van der Waals surface area contributed by atoms with E-state index in [0.29, 0.717) is 17.2 Å². The molecule has 1 heterocycles. The molecule has 4 heteroatoms. The molecule has 1 rings (SSSR count). The summed E-state index contributed by atoms with van der Waals surface area (Å²) in [4.78, 5) is 12.1. The fraction of sp³-hybridized carbons (Fsp3) is 0.545. The van der Waals surface area contributed by atoms with Gasteiger partial charge in [0.05, 0.1) is 6.61 Å². The van der Waals surface area contributed by atoms with Gasteiger partial charge in [0.1, 0.15) is 5.75 Å². The van der Waals surface area contributed by atoms with Gasteiger partial charge in [-0.05, 0) is 19.4 Å². The second kappa shape index (κ2) is 5.75. The number of rotatable bonds is 6. The number of carbonyl (C=O) groups is 1. The average molecular weight is 228 g/mol. The molecular weight excluding hydrogens is 212 g/mol. The van der Waals surface area contributed by atoms with E-state index < -0.39 is 5.97 Å². The van der Waals surface area contributed by atoms with Crippen molar-refractivity contribution in [1.29, 1.82) is 0 Å². The molecule has 3 nitrogen and oxygen atoms in total. The number of hydrogen-bond acceptors (Lipinski definition) is 3. The molecule has 0 saturated heterocycles. The lowest BCUT2D eigenvalue weighted by Crippen LogP contribution is -2.01. The lowest BCUT2D eigenvalue weighted by molar-refractivity contribution is 0.0698. The maximum Gasteiger partial charge on any atom is 0.349 e. The third-order valence-electron chi connectivity index (χ3n) is 2.02. The number of aromatic carboxylic acids is 1. The average Bonchev–Trinajstić information content (AvgIpc) is 2.55. The molecule has 1 aromatic rings. The Kier molecular flexibility index (Phi) is 4.62. The van der Waals surface area contributed by atoms with Gasteiger partial charge in [0.15, 0.2) is 4.88 Å². The molecule has 0 aliphatic carbocycles. The number of unbranched alkanes of at least 4 members (excludes halogenated alkanes) is 2. The zero-order valence-corrected chi connectivity index (χ0v) is 9.89. The first-order chi connectivity index (χ1) is 7.15. The number of thiophene rings is 1. The Balaban J connectivity index is 2.55. The van der Waals surface area contributed by atoms with Gasteiger partial charge in [0.25, 0.3) is 0 Å². The van der Waals surface area contributed by atoms with Crippen molar-refractivity contribution in [2.45, 2.75) is 33.1 Å². The Morgan fingerprint density at radius 1 is 1.53 bits per heavy atom. The van der Waals surface area contributed by atoms with Crippen molar-refractivity contribution in [3.8, 4) is 5.75 Å². The van der Waals surface area contributed by atoms with Crippen molar-refractivity contribution >= 4 is 17.3 Å². The van der Waals surface area contributed by atoms with Crippen molar-refractivity contribution in [2.75, 3.05) is 6.61 Å². The normalized spacial score (nSPS) is 10.3. The lowest BCUT2D eigenvalue weighted by Gasteiger charge is -2.03. The van der Waals surface area contributed by atoms with Crippen molar-refractivity contribution in [3.05, 3.63) is 15.8 Å². The van der Waals surface area contributed by atoms with Crippen LogP contribution in [0.3, 0.4) is 0 Å². The van der Waals surface area contributed by atoms with Crippen LogP contribution in [-0.2, 0) is 0 Å². The highest BCUT2D eigenvalue weighted by Gasteiger charge is 2.14. The molecule has 0 unspecified atom stereocenters. The summed E-state index contributed by atoms with van der Waals surface area (Å²) in [5.41, 5.74) is 0. The topological polar surface area (TPSA) is 46.5 Å². The van der Waals surface area contributed by atoms with Crippen LogP contribution in [0.15, 0.2) is 6.07 Å². The van der Waals surface area contributed by atoms with E-state index in [-0.39, 0.29) is 0 Å². The third-order valence-corrected chi connectivity index (χ3v) is 3.04. The summed E-state index contributed by atoms with van der Waals surface area (Å²) in [6, 6.07) is 1.79. The van der Waals surface area contributed by atoms with Crippen LogP contribution in [0, 0.1) is 6.92 Å². The van der Waals surface area contributed by atoms with Crippen LogP contribution in [0.2, 0.25) is 0 Å². The zero-order chi connectivity index (χ0) is 11.3. The molecule has 0 amide bonds. The van der Waals surface area contributed by atoms with E-state index in [1.54, 1.807) is 6.07 Å². The van der Waals surface area contributed by atoms with Crippen LogP contribution in [0.4, 0.5) is 0 Å². The van der Waals surface area contributed by atoms with Gasteiger partial charge in [-0.2, -0.15) is 0 Å². The molecule has 0 radical (unpaired) electrons. The highest BCUT2D eigenvalue weighted by atomic mass is 32.1. The van der Waals surface area contributed by atoms with Crippen molar-refractivity contribution in [2.24, 2.45) is 0 Å². The molecule has 1 N–H and O–H groups in total. The van der Waals surface area contributed by atoms with Crippen molar-refractivity contribution < 1.29 is 14.6 Å². The van der Waals surface area contributed by atoms with Gasteiger partial charge >= 0.3 is 5.97 Å². The van der Waals surface area contributed by atoms with Crippen molar-refractivity contribution in [3.63, 3.8) is 0 Å². The molecule has 0 aliphatic heterocycles. The van der Waals surface area contributed by atoms with Gasteiger partial charge in [-0.3, -0.25) is 0 Å². The standard InChI is InChI=1S/C11H16O3S/c1-3-4-5-6-14-9-7-8(2)15-10(9)11(12)13/h7H,3-6H2,1-2H3,(H,12,13). The van der Waals surface area contributed by atoms with E-state index >= 15 is 0 Å². The smallest absolute Gasteiger partial charge is 0.349 e. The van der Waals surface area contributed by atoms with Crippen LogP contribution < -0.4 is 4.74 Å². The predicted octanol–water partition coefficient (Wildman–Crippen LogP) is 3.32. The highest BCUT2D eigenvalue weighted by Crippen LogP contribution is 2.28. The molecule has 1 aromatic heterocycles. The summed E-state index contributed by atoms with van der Waals surface area (Å²) in [5.74, 6) is -0.389. The summed E-state index contributed by atoms with van der Waals surface area (Å²) in [6.07, 6.45) is 3.23. The molecule has 0 saturated carbocycles. The number of carboxylic acid groups (broad SMARTS) is 1. The first-order valence-electron chi connectivity index (χ1n) is 5.11. The molecule has 0 bridgehead atoms. The molecule has 0 spiro atoms. The summed E-state index contributed by atoms with van der Waals surface area (Å²) in [7, 11) is 0. The molecule has 0 fully saturated rings. The van der Waals surface area contributed by atoms with E-state index in [1.807, 2.05) is 6.92 Å². The minimum atomic E-state index is -0.904. The quantitative estimate of drug-likeness (QED) is 0.760. The Hall–Kier alpha value is -1.03. The van der Waals surface area contributed by atoms with Gasteiger partial charge in [-0.1, -0.05) is 19.8 Å². The first kappa shape index (κ1) is 12.0. The van der Waals surface area contributed by atoms with Crippen LogP contribution in [0.25, 0.3) is 0 Å². The molecule has 84 valence electrons. The zero-order valence-electron chi connectivity index (χ0n) is 9.08. The van der Waals surface area contributed by atoms with E-state index in [4.69, 9.17) is 9.84 Å². The molecule has 0 atom stereocenters. The number of aryl methyl sites for hydroxylation is 1. The van der Waals surface area contributed by atoms with Gasteiger partial charge in [0.2, 0.25) is 0 Å². The van der Waals surface area contributed by atoms with E-state index in [0.717, 1.165) is 24.1 Å². The number of hydrogen-bond donors (Lipinski definition) is 1. The van der Waals surface area contributed by atoms with Gasteiger partial charge in [-0.25, -0.2) is 4.79 Å². The van der Waals surface area contributed by atoms with Crippen LogP contribution in [0.5, 0.6) is 5.75 Å². The predicted molar refractivity (Wildman–Crippen MR) is 61.0 cm³/mol. The molecule has 0 aliphatic rings. The van der Waals surface area contributed by atoms with Crippen LogP contribution >= 0.6 is 11.3 Å². The second-order valence-electron chi connectivity index (χ2n) is 3.41. The van der Waals surface area contributed by atoms with E-state index in [2.05, 4.69) is 6.92 Å². The van der Waals surface area contributed by atoms with Crippen LogP contribution in [-0.4, -0.2) is 17.7 Å². The largest absolute Gasteiger partial charge is 0.492 e. The highest BCUT2D eigenvalue weighted by molar-refractivity contribution is 7.14. The monoisotopic (exact) mass is 228 g/mol. The van der Waals surface area contributed by atoms with Crippen LogP contribution in [0.1, 0.15) is 40.7 Å². The number of carboxylic acids is 1. The molecule has 15 heavy (non-hydrogen) atoms. The number of ether oxygens (including phenoxy) is 1. The molecular formula is C11H16O3S. The fourth-order valence-electron chi connectivity index (χ4n) is 1.28. The van der Waals surface area contributed by atoms with E-state index in [9.17, 15) is 4.79 Å². The Morgan fingerprint density at radius 2 is 2.27 bits per heavy atom. The minimum Gasteiger partial charge on any atom is -0.492 e. The summed E-state index contributed by atoms with van der Waals surface area (Å²) in [5, 5.41) is 8.91. The van der Waals surface area contributed by atoms with Gasteiger partial charge < -0.3 is 9.84 Å². The summed E-state index contributed by atoms with van der Waals surface area (Å²) in [6.45, 7) is 4.61. The Labute approximate surface area is 93.7 Å². The summed E-state index contributed by atoms with van der Waals surface area (Å²) < 4.78 is 5.45. The Morgan fingerprint density at radius 3 is 2.87 bits per heavy atom.